The van der Waals surface area contributed by atoms with Gasteiger partial charge in [0.2, 0.25) is 0 Å². The molecule has 0 aliphatic carbocycles. The van der Waals surface area contributed by atoms with Crippen LogP contribution in [0.4, 0.5) is 4.79 Å². The summed E-state index contributed by atoms with van der Waals surface area (Å²) in [5.74, 6) is 0.0313. The van der Waals surface area contributed by atoms with Gasteiger partial charge in [-0.15, -0.1) is 0 Å². The minimum Gasteiger partial charge on any atom is -0.312 e. The minimum atomic E-state index is -0.147. The molecule has 2 fully saturated rings. The zero-order chi connectivity index (χ0) is 10.8. The van der Waals surface area contributed by atoms with Crippen molar-refractivity contribution in [2.24, 2.45) is 0 Å². The molecule has 4 nitrogen and oxygen atoms in total. The maximum atomic E-state index is 12.0. The largest absolute Gasteiger partial charge is 0.327 e. The quantitative estimate of drug-likeness (QED) is 0.649. The summed E-state index contributed by atoms with van der Waals surface area (Å²) < 4.78 is 0. The van der Waals surface area contributed by atoms with Crippen LogP contribution in [0.15, 0.2) is 0 Å². The van der Waals surface area contributed by atoms with E-state index in [9.17, 15) is 9.59 Å². The molecule has 2 aliphatic heterocycles. The van der Waals surface area contributed by atoms with Crippen LogP contribution < -0.4 is 0 Å². The normalized spacial score (nSPS) is 26.9. The summed E-state index contributed by atoms with van der Waals surface area (Å²) >= 11 is 0. The summed E-state index contributed by atoms with van der Waals surface area (Å²) in [4.78, 5) is 27.1. The maximum Gasteiger partial charge on any atom is 0.327 e. The van der Waals surface area contributed by atoms with Crippen LogP contribution in [0.3, 0.4) is 0 Å². The lowest BCUT2D eigenvalue weighted by molar-refractivity contribution is -0.128. The smallest absolute Gasteiger partial charge is 0.312 e. The Morgan fingerprint density at radius 3 is 2.80 bits per heavy atom. The highest BCUT2D eigenvalue weighted by molar-refractivity contribution is 6.04. The number of nitrogens with zero attached hydrogens (tertiary/aromatic N) is 2. The third-order valence-electron chi connectivity index (χ3n) is 3.23. The molecule has 84 valence electrons. The fourth-order valence-electron chi connectivity index (χ4n) is 2.45. The van der Waals surface area contributed by atoms with Gasteiger partial charge in [0, 0.05) is 13.1 Å². The van der Waals surface area contributed by atoms with Gasteiger partial charge in [0.05, 0.1) is 0 Å². The van der Waals surface area contributed by atoms with E-state index < -0.39 is 0 Å². The standard InChI is InChI=1S/C11H18N2O2/c1-2-7-13-10(14)9-6-4-3-5-8-12(9)11(13)15/h9H,2-8H2,1H3. The van der Waals surface area contributed by atoms with Crippen LogP contribution in [0.2, 0.25) is 0 Å². The van der Waals surface area contributed by atoms with Gasteiger partial charge in [-0.1, -0.05) is 19.8 Å². The molecule has 15 heavy (non-hydrogen) atoms. The van der Waals surface area contributed by atoms with Crippen molar-refractivity contribution in [1.82, 2.24) is 9.80 Å². The number of urea groups is 1. The van der Waals surface area contributed by atoms with Gasteiger partial charge in [0.25, 0.3) is 5.91 Å². The van der Waals surface area contributed by atoms with Crippen molar-refractivity contribution in [1.29, 1.82) is 0 Å². The number of carbonyl (C=O) groups excluding carboxylic acids is 2. The predicted molar refractivity (Wildman–Crippen MR) is 56.4 cm³/mol. The summed E-state index contributed by atoms with van der Waals surface area (Å²) in [6, 6.07) is -0.208. The number of rotatable bonds is 2. The first-order valence-corrected chi connectivity index (χ1v) is 5.87. The van der Waals surface area contributed by atoms with E-state index >= 15 is 0 Å². The molecule has 1 atom stereocenters. The third-order valence-corrected chi connectivity index (χ3v) is 3.23. The molecule has 0 aromatic carbocycles. The molecule has 0 saturated carbocycles. The van der Waals surface area contributed by atoms with Gasteiger partial charge in [-0.05, 0) is 19.3 Å². The summed E-state index contributed by atoms with van der Waals surface area (Å²) in [6.07, 6.45) is 4.94. The molecule has 0 spiro atoms. The van der Waals surface area contributed by atoms with Crippen molar-refractivity contribution >= 4 is 11.9 Å². The average Bonchev–Trinajstić information content (AvgIpc) is 2.47. The van der Waals surface area contributed by atoms with Crippen molar-refractivity contribution in [3.8, 4) is 0 Å². The molecule has 0 aromatic heterocycles. The Bertz CT molecular complexity index is 254. The number of carbonyl (C=O) groups is 2. The molecular weight excluding hydrogens is 192 g/mol. The number of imide groups is 1. The Kier molecular flexibility index (Phi) is 2.93. The van der Waals surface area contributed by atoms with Crippen molar-refractivity contribution in [2.75, 3.05) is 13.1 Å². The van der Waals surface area contributed by atoms with Crippen LogP contribution in [-0.2, 0) is 4.79 Å². The van der Waals surface area contributed by atoms with Gasteiger partial charge in [-0.25, -0.2) is 4.79 Å². The molecule has 0 bridgehead atoms. The average molecular weight is 210 g/mol. The van der Waals surface area contributed by atoms with Crippen molar-refractivity contribution in [2.45, 2.75) is 45.1 Å². The van der Waals surface area contributed by atoms with Crippen LogP contribution in [0.5, 0.6) is 0 Å². The van der Waals surface area contributed by atoms with Crippen molar-refractivity contribution in [3.05, 3.63) is 0 Å². The van der Waals surface area contributed by atoms with E-state index in [0.717, 1.165) is 38.6 Å². The summed E-state index contributed by atoms with van der Waals surface area (Å²) in [5, 5.41) is 0. The van der Waals surface area contributed by atoms with Gasteiger partial charge in [-0.3, -0.25) is 9.69 Å². The molecule has 2 rings (SSSR count). The fourth-order valence-corrected chi connectivity index (χ4v) is 2.45. The Labute approximate surface area is 90.2 Å². The van der Waals surface area contributed by atoms with Gasteiger partial charge in [0.15, 0.2) is 0 Å². The molecule has 0 radical (unpaired) electrons. The molecule has 0 N–H and O–H groups in total. The van der Waals surface area contributed by atoms with E-state index in [2.05, 4.69) is 0 Å². The molecule has 2 saturated heterocycles. The minimum absolute atomic E-state index is 0.0313. The first-order chi connectivity index (χ1) is 7.25. The zero-order valence-corrected chi connectivity index (χ0v) is 9.24. The molecule has 2 aliphatic rings. The van der Waals surface area contributed by atoms with Crippen LogP contribution in [-0.4, -0.2) is 40.9 Å². The highest BCUT2D eigenvalue weighted by Crippen LogP contribution is 2.25. The molecule has 0 aromatic rings. The number of hydrogen-bond acceptors (Lipinski definition) is 2. The predicted octanol–water partition coefficient (Wildman–Crippen LogP) is 1.60. The second-order valence-corrected chi connectivity index (χ2v) is 4.33. The highest BCUT2D eigenvalue weighted by atomic mass is 16.2. The van der Waals surface area contributed by atoms with Crippen LogP contribution in [0.1, 0.15) is 39.0 Å². The SMILES string of the molecule is CCCN1C(=O)C2CCCCCN2C1=O. The molecule has 2 heterocycles. The van der Waals surface area contributed by atoms with Gasteiger partial charge in [-0.2, -0.15) is 0 Å². The lowest BCUT2D eigenvalue weighted by Crippen LogP contribution is -2.34. The monoisotopic (exact) mass is 210 g/mol. The Balaban J connectivity index is 2.15. The first kappa shape index (κ1) is 10.5. The van der Waals surface area contributed by atoms with E-state index in [-0.39, 0.29) is 18.0 Å². The first-order valence-electron chi connectivity index (χ1n) is 5.87. The van der Waals surface area contributed by atoms with Gasteiger partial charge >= 0.3 is 6.03 Å². The highest BCUT2D eigenvalue weighted by Gasteiger charge is 2.44. The third kappa shape index (κ3) is 1.73. The second kappa shape index (κ2) is 4.21. The summed E-state index contributed by atoms with van der Waals surface area (Å²) in [6.45, 7) is 3.32. The zero-order valence-electron chi connectivity index (χ0n) is 9.24. The van der Waals surface area contributed by atoms with E-state index in [0.29, 0.717) is 6.54 Å². The topological polar surface area (TPSA) is 40.6 Å². The van der Waals surface area contributed by atoms with Gasteiger partial charge < -0.3 is 4.90 Å². The fraction of sp³-hybridized carbons (Fsp3) is 0.818. The van der Waals surface area contributed by atoms with Crippen LogP contribution in [0, 0.1) is 0 Å². The molecule has 1 unspecified atom stereocenters. The van der Waals surface area contributed by atoms with Crippen LogP contribution >= 0.6 is 0 Å². The lowest BCUT2D eigenvalue weighted by Gasteiger charge is -2.18. The number of hydrogen-bond donors (Lipinski definition) is 0. The second-order valence-electron chi connectivity index (χ2n) is 4.33. The molecule has 3 amide bonds. The molecular formula is C11H18N2O2. The number of amides is 3. The maximum absolute atomic E-state index is 12.0. The van der Waals surface area contributed by atoms with Gasteiger partial charge in [0.1, 0.15) is 6.04 Å². The van der Waals surface area contributed by atoms with Crippen molar-refractivity contribution < 1.29 is 9.59 Å². The van der Waals surface area contributed by atoms with E-state index in [1.165, 1.54) is 4.90 Å². The Morgan fingerprint density at radius 2 is 2.07 bits per heavy atom. The van der Waals surface area contributed by atoms with Crippen LogP contribution in [0.25, 0.3) is 0 Å². The van der Waals surface area contributed by atoms with E-state index in [1.54, 1.807) is 4.90 Å². The number of fused-ring (bicyclic) bond motifs is 1. The Morgan fingerprint density at radius 1 is 1.27 bits per heavy atom. The van der Waals surface area contributed by atoms with E-state index in [4.69, 9.17) is 0 Å². The summed E-state index contributed by atoms with van der Waals surface area (Å²) in [5.41, 5.74) is 0. The van der Waals surface area contributed by atoms with Crippen molar-refractivity contribution in [3.63, 3.8) is 0 Å². The Hall–Kier alpha value is -1.06. The lowest BCUT2D eigenvalue weighted by atomic mass is 10.1. The molecule has 4 heteroatoms. The van der Waals surface area contributed by atoms with E-state index in [1.807, 2.05) is 6.92 Å². The summed E-state index contributed by atoms with van der Waals surface area (Å²) in [7, 11) is 0.